The highest BCUT2D eigenvalue weighted by Gasteiger charge is 2.08. The molecule has 1 heterocycles. The molecule has 0 radical (unpaired) electrons. The molecule has 0 saturated heterocycles. The van der Waals surface area contributed by atoms with Gasteiger partial charge in [0.15, 0.2) is 0 Å². The van der Waals surface area contributed by atoms with Crippen LogP contribution in [0.15, 0.2) is 65.7 Å². The first-order valence-electron chi connectivity index (χ1n) is 7.67. The second-order valence-corrected chi connectivity index (χ2v) is 5.92. The number of halogens is 1. The van der Waals surface area contributed by atoms with Crippen LogP contribution >= 0.6 is 11.6 Å². The fourth-order valence-corrected chi connectivity index (χ4v) is 2.45. The SMILES string of the molecule is N#Cc1ccc(NC(=O)Cn2cc(-c3ccc(Cl)cc3)ncc2=O)cc1. The van der Waals surface area contributed by atoms with E-state index in [1.54, 1.807) is 48.5 Å². The number of aromatic nitrogens is 2. The Hall–Kier alpha value is -3.43. The Morgan fingerprint density at radius 3 is 2.50 bits per heavy atom. The van der Waals surface area contributed by atoms with Crippen molar-refractivity contribution in [3.05, 3.63) is 81.9 Å². The lowest BCUT2D eigenvalue weighted by Crippen LogP contribution is -2.27. The highest BCUT2D eigenvalue weighted by atomic mass is 35.5. The Bertz CT molecular complexity index is 1030. The van der Waals surface area contributed by atoms with Crippen LogP contribution in [-0.4, -0.2) is 15.5 Å². The number of carbonyl (C=O) groups is 1. The third-order valence-corrected chi connectivity index (χ3v) is 3.88. The molecule has 128 valence electrons. The molecule has 26 heavy (non-hydrogen) atoms. The van der Waals surface area contributed by atoms with Gasteiger partial charge in [0, 0.05) is 22.5 Å². The summed E-state index contributed by atoms with van der Waals surface area (Å²) in [6.07, 6.45) is 2.71. The minimum atomic E-state index is -0.377. The van der Waals surface area contributed by atoms with E-state index in [0.29, 0.717) is 22.0 Å². The van der Waals surface area contributed by atoms with Crippen molar-refractivity contribution in [3.8, 4) is 17.3 Å². The lowest BCUT2D eigenvalue weighted by molar-refractivity contribution is -0.116. The summed E-state index contributed by atoms with van der Waals surface area (Å²) in [6.45, 7) is -0.151. The fourth-order valence-electron chi connectivity index (χ4n) is 2.32. The van der Waals surface area contributed by atoms with Gasteiger partial charge >= 0.3 is 0 Å². The second kappa shape index (κ2) is 7.64. The Balaban J connectivity index is 1.77. The zero-order valence-corrected chi connectivity index (χ0v) is 14.3. The summed E-state index contributed by atoms with van der Waals surface area (Å²) < 4.78 is 1.29. The molecule has 0 fully saturated rings. The van der Waals surface area contributed by atoms with Crippen molar-refractivity contribution >= 4 is 23.2 Å². The van der Waals surface area contributed by atoms with Crippen LogP contribution in [0.4, 0.5) is 5.69 Å². The number of nitrogens with zero attached hydrogens (tertiary/aromatic N) is 3. The summed E-state index contributed by atoms with van der Waals surface area (Å²) in [7, 11) is 0. The number of carbonyl (C=O) groups excluding carboxylic acids is 1. The molecular formula is C19H13ClN4O2. The molecule has 3 rings (SSSR count). The molecule has 0 aliphatic heterocycles. The predicted molar refractivity (Wildman–Crippen MR) is 98.7 cm³/mol. The van der Waals surface area contributed by atoms with E-state index >= 15 is 0 Å². The Labute approximate surface area is 154 Å². The van der Waals surface area contributed by atoms with E-state index in [2.05, 4.69) is 10.3 Å². The maximum atomic E-state index is 12.2. The summed E-state index contributed by atoms with van der Waals surface area (Å²) in [4.78, 5) is 28.3. The van der Waals surface area contributed by atoms with E-state index in [4.69, 9.17) is 16.9 Å². The Morgan fingerprint density at radius 2 is 1.85 bits per heavy atom. The molecule has 0 spiro atoms. The van der Waals surface area contributed by atoms with Crippen LogP contribution in [0.2, 0.25) is 5.02 Å². The van der Waals surface area contributed by atoms with Gasteiger partial charge in [-0.15, -0.1) is 0 Å². The monoisotopic (exact) mass is 364 g/mol. The molecule has 0 bridgehead atoms. The van der Waals surface area contributed by atoms with Gasteiger partial charge in [-0.05, 0) is 36.4 Å². The summed E-state index contributed by atoms with van der Waals surface area (Å²) in [5.41, 5.74) is 2.02. The van der Waals surface area contributed by atoms with Crippen LogP contribution in [0.1, 0.15) is 5.56 Å². The maximum absolute atomic E-state index is 12.2. The average Bonchev–Trinajstić information content (AvgIpc) is 2.65. The first-order chi connectivity index (χ1) is 12.5. The zero-order valence-electron chi connectivity index (χ0n) is 13.5. The van der Waals surface area contributed by atoms with Crippen LogP contribution in [0.3, 0.4) is 0 Å². The quantitative estimate of drug-likeness (QED) is 0.770. The Kier molecular flexibility index (Phi) is 5.11. The molecule has 7 heteroatoms. The third-order valence-electron chi connectivity index (χ3n) is 3.63. The molecule has 0 saturated carbocycles. The fraction of sp³-hybridized carbons (Fsp3) is 0.0526. The molecule has 0 aliphatic carbocycles. The molecule has 1 N–H and O–H groups in total. The number of rotatable bonds is 4. The number of nitriles is 1. The number of anilines is 1. The standard InChI is InChI=1S/C19H13ClN4O2/c20-15-5-3-14(4-6-15)17-11-24(19(26)10-22-17)12-18(25)23-16-7-1-13(9-21)2-8-16/h1-8,10-11H,12H2,(H,23,25). The maximum Gasteiger partial charge on any atom is 0.269 e. The van der Waals surface area contributed by atoms with Gasteiger partial charge < -0.3 is 9.88 Å². The van der Waals surface area contributed by atoms with Gasteiger partial charge in [-0.25, -0.2) is 4.98 Å². The van der Waals surface area contributed by atoms with Crippen molar-refractivity contribution in [1.29, 1.82) is 5.26 Å². The minimum absolute atomic E-state index is 0.151. The van der Waals surface area contributed by atoms with Crippen molar-refractivity contribution in [2.45, 2.75) is 6.54 Å². The van der Waals surface area contributed by atoms with E-state index in [9.17, 15) is 9.59 Å². The highest BCUT2D eigenvalue weighted by Crippen LogP contribution is 2.18. The van der Waals surface area contributed by atoms with Gasteiger partial charge in [-0.2, -0.15) is 5.26 Å². The molecule has 1 aromatic heterocycles. The molecule has 2 aromatic carbocycles. The molecule has 3 aromatic rings. The van der Waals surface area contributed by atoms with Gasteiger partial charge in [0.25, 0.3) is 5.56 Å². The van der Waals surface area contributed by atoms with Crippen molar-refractivity contribution in [2.75, 3.05) is 5.32 Å². The number of hydrogen-bond donors (Lipinski definition) is 1. The molecule has 0 atom stereocenters. The lowest BCUT2D eigenvalue weighted by Gasteiger charge is -2.09. The third kappa shape index (κ3) is 4.15. The molecule has 0 unspecified atom stereocenters. The lowest BCUT2D eigenvalue weighted by atomic mass is 10.2. The molecular weight excluding hydrogens is 352 g/mol. The number of hydrogen-bond acceptors (Lipinski definition) is 4. The van der Waals surface area contributed by atoms with Crippen LogP contribution in [0, 0.1) is 11.3 Å². The minimum Gasteiger partial charge on any atom is -0.325 e. The summed E-state index contributed by atoms with van der Waals surface area (Å²) in [6, 6.07) is 15.5. The average molecular weight is 365 g/mol. The molecule has 0 aliphatic rings. The molecule has 6 nitrogen and oxygen atoms in total. The van der Waals surface area contributed by atoms with Crippen LogP contribution in [0.25, 0.3) is 11.3 Å². The largest absolute Gasteiger partial charge is 0.325 e. The number of nitrogens with one attached hydrogen (secondary N) is 1. The van der Waals surface area contributed by atoms with E-state index < -0.39 is 0 Å². The first kappa shape index (κ1) is 17.4. The van der Waals surface area contributed by atoms with Gasteiger partial charge in [0.2, 0.25) is 5.91 Å². The number of benzene rings is 2. The van der Waals surface area contributed by atoms with Gasteiger partial charge in [0.1, 0.15) is 6.54 Å². The second-order valence-electron chi connectivity index (χ2n) is 5.48. The van der Waals surface area contributed by atoms with Crippen LogP contribution in [-0.2, 0) is 11.3 Å². The van der Waals surface area contributed by atoms with Crippen molar-refractivity contribution in [2.24, 2.45) is 0 Å². The summed E-state index contributed by atoms with van der Waals surface area (Å²) >= 11 is 5.87. The topological polar surface area (TPSA) is 87.8 Å². The van der Waals surface area contributed by atoms with E-state index in [-0.39, 0.29) is 18.0 Å². The van der Waals surface area contributed by atoms with Gasteiger partial charge in [-0.1, -0.05) is 23.7 Å². The first-order valence-corrected chi connectivity index (χ1v) is 8.05. The zero-order chi connectivity index (χ0) is 18.5. The van der Waals surface area contributed by atoms with Crippen molar-refractivity contribution in [3.63, 3.8) is 0 Å². The molecule has 1 amide bonds. The van der Waals surface area contributed by atoms with Crippen molar-refractivity contribution < 1.29 is 4.79 Å². The van der Waals surface area contributed by atoms with Gasteiger partial charge in [0.05, 0.1) is 23.5 Å². The van der Waals surface area contributed by atoms with Gasteiger partial charge in [-0.3, -0.25) is 9.59 Å². The van der Waals surface area contributed by atoms with Crippen LogP contribution < -0.4 is 10.9 Å². The predicted octanol–water partition coefficient (Wildman–Crippen LogP) is 3.07. The van der Waals surface area contributed by atoms with E-state index in [0.717, 1.165) is 5.56 Å². The number of amides is 1. The van der Waals surface area contributed by atoms with Crippen molar-refractivity contribution in [1.82, 2.24) is 9.55 Å². The summed E-state index contributed by atoms with van der Waals surface area (Å²) in [5.74, 6) is -0.356. The van der Waals surface area contributed by atoms with Crippen LogP contribution in [0.5, 0.6) is 0 Å². The van der Waals surface area contributed by atoms with E-state index in [1.807, 2.05) is 6.07 Å². The highest BCUT2D eigenvalue weighted by molar-refractivity contribution is 6.30. The van der Waals surface area contributed by atoms with E-state index in [1.165, 1.54) is 17.0 Å². The normalized spacial score (nSPS) is 10.2. The summed E-state index contributed by atoms with van der Waals surface area (Å²) in [5, 5.41) is 12.1. The smallest absolute Gasteiger partial charge is 0.269 e. The Morgan fingerprint density at radius 1 is 1.15 bits per heavy atom.